The van der Waals surface area contributed by atoms with E-state index >= 15 is 0 Å². The predicted molar refractivity (Wildman–Crippen MR) is 80.2 cm³/mol. The zero-order valence-corrected chi connectivity index (χ0v) is 13.1. The van der Waals surface area contributed by atoms with Crippen LogP contribution in [-0.2, 0) is 16.1 Å². The fraction of sp³-hybridized carbons (Fsp3) is 0.467. The van der Waals surface area contributed by atoms with Crippen molar-refractivity contribution in [1.29, 1.82) is 0 Å². The number of hydrogen-bond donors (Lipinski definition) is 1. The highest BCUT2D eigenvalue weighted by atomic mass is 35.5. The van der Waals surface area contributed by atoms with Gasteiger partial charge in [-0.25, -0.2) is 0 Å². The first kappa shape index (κ1) is 15.6. The molecule has 1 fully saturated rings. The molecular weight excluding hydrogens is 292 g/mol. The number of nitrogens with one attached hydrogen (secondary N) is 1. The lowest BCUT2D eigenvalue weighted by molar-refractivity contribution is -0.149. The van der Waals surface area contributed by atoms with E-state index in [0.29, 0.717) is 17.2 Å². The molecular formula is C15H19ClN2O3. The summed E-state index contributed by atoms with van der Waals surface area (Å²) < 4.78 is 5.30. The highest BCUT2D eigenvalue weighted by molar-refractivity contribution is 6.31. The van der Waals surface area contributed by atoms with Crippen molar-refractivity contribution in [3.8, 4) is 5.75 Å². The molecule has 0 aliphatic carbocycles. The van der Waals surface area contributed by atoms with Crippen LogP contribution in [0.4, 0.5) is 0 Å². The van der Waals surface area contributed by atoms with Crippen molar-refractivity contribution >= 4 is 23.4 Å². The number of methoxy groups -OCH3 is 1. The number of ether oxygens (including phenoxy) is 1. The molecule has 1 aromatic carbocycles. The van der Waals surface area contributed by atoms with Gasteiger partial charge in [0, 0.05) is 10.6 Å². The number of halogens is 1. The predicted octanol–water partition coefficient (Wildman–Crippen LogP) is 1.97. The molecule has 0 aromatic heterocycles. The van der Waals surface area contributed by atoms with E-state index in [0.717, 1.165) is 5.56 Å². The van der Waals surface area contributed by atoms with E-state index in [2.05, 4.69) is 5.32 Å². The monoisotopic (exact) mass is 310 g/mol. The first-order valence-electron chi connectivity index (χ1n) is 6.91. The number of carbonyl (C=O) groups is 2. The van der Waals surface area contributed by atoms with Gasteiger partial charge in [-0.1, -0.05) is 24.6 Å². The molecule has 1 aliphatic rings. The number of nitrogens with zero attached hydrogens (tertiary/aromatic N) is 1. The minimum Gasteiger partial charge on any atom is -0.496 e. The van der Waals surface area contributed by atoms with Crippen LogP contribution in [0.2, 0.25) is 5.02 Å². The van der Waals surface area contributed by atoms with Crippen LogP contribution >= 0.6 is 11.6 Å². The SMILES string of the molecule is CCC1C(=O)NC(C)C(=O)N1Cc1c(Cl)cccc1OC. The summed E-state index contributed by atoms with van der Waals surface area (Å²) in [5.41, 5.74) is 0.718. The summed E-state index contributed by atoms with van der Waals surface area (Å²) in [6.45, 7) is 3.82. The molecule has 2 amide bonds. The largest absolute Gasteiger partial charge is 0.496 e. The molecule has 2 unspecified atom stereocenters. The molecule has 0 spiro atoms. The zero-order chi connectivity index (χ0) is 15.6. The fourth-order valence-corrected chi connectivity index (χ4v) is 2.79. The Kier molecular flexibility index (Phi) is 4.73. The highest BCUT2D eigenvalue weighted by Gasteiger charge is 2.37. The van der Waals surface area contributed by atoms with Crippen molar-refractivity contribution in [3.63, 3.8) is 0 Å². The van der Waals surface area contributed by atoms with E-state index in [1.54, 1.807) is 37.1 Å². The molecule has 6 heteroatoms. The highest BCUT2D eigenvalue weighted by Crippen LogP contribution is 2.29. The van der Waals surface area contributed by atoms with Gasteiger partial charge in [-0.2, -0.15) is 0 Å². The molecule has 1 aromatic rings. The summed E-state index contributed by atoms with van der Waals surface area (Å²) >= 11 is 6.22. The molecule has 1 heterocycles. The average molecular weight is 311 g/mol. The summed E-state index contributed by atoms with van der Waals surface area (Å²) in [6, 6.07) is 4.33. The van der Waals surface area contributed by atoms with Gasteiger partial charge in [0.1, 0.15) is 17.8 Å². The van der Waals surface area contributed by atoms with E-state index in [1.807, 2.05) is 6.92 Å². The second kappa shape index (κ2) is 6.35. The molecule has 0 radical (unpaired) electrons. The van der Waals surface area contributed by atoms with E-state index in [4.69, 9.17) is 16.3 Å². The lowest BCUT2D eigenvalue weighted by atomic mass is 10.0. The van der Waals surface area contributed by atoms with Gasteiger partial charge in [0.15, 0.2) is 0 Å². The maximum atomic E-state index is 12.4. The van der Waals surface area contributed by atoms with Gasteiger partial charge in [0.25, 0.3) is 0 Å². The second-order valence-corrected chi connectivity index (χ2v) is 5.45. The summed E-state index contributed by atoms with van der Waals surface area (Å²) in [4.78, 5) is 26.0. The number of amides is 2. The lowest BCUT2D eigenvalue weighted by Crippen LogP contribution is -2.61. The molecule has 2 rings (SSSR count). The zero-order valence-electron chi connectivity index (χ0n) is 12.4. The van der Waals surface area contributed by atoms with Crippen molar-refractivity contribution in [1.82, 2.24) is 10.2 Å². The third-order valence-corrected chi connectivity index (χ3v) is 4.06. The van der Waals surface area contributed by atoms with Gasteiger partial charge in [-0.15, -0.1) is 0 Å². The molecule has 1 saturated heterocycles. The van der Waals surface area contributed by atoms with Gasteiger partial charge in [0.05, 0.1) is 13.7 Å². The molecule has 0 bridgehead atoms. The van der Waals surface area contributed by atoms with Gasteiger partial charge in [-0.05, 0) is 25.5 Å². The van der Waals surface area contributed by atoms with E-state index in [-0.39, 0.29) is 18.4 Å². The van der Waals surface area contributed by atoms with E-state index in [9.17, 15) is 9.59 Å². The van der Waals surface area contributed by atoms with Crippen molar-refractivity contribution in [3.05, 3.63) is 28.8 Å². The number of hydrogen-bond acceptors (Lipinski definition) is 3. The molecule has 2 atom stereocenters. The first-order chi connectivity index (χ1) is 9.99. The Hall–Kier alpha value is -1.75. The maximum Gasteiger partial charge on any atom is 0.245 e. The van der Waals surface area contributed by atoms with Crippen LogP contribution in [0.25, 0.3) is 0 Å². The molecule has 1 N–H and O–H groups in total. The van der Waals surface area contributed by atoms with E-state index in [1.165, 1.54) is 0 Å². The van der Waals surface area contributed by atoms with Crippen molar-refractivity contribution in [2.75, 3.05) is 7.11 Å². The average Bonchev–Trinajstić information content (AvgIpc) is 2.46. The minimum absolute atomic E-state index is 0.108. The van der Waals surface area contributed by atoms with Gasteiger partial charge in [0.2, 0.25) is 11.8 Å². The second-order valence-electron chi connectivity index (χ2n) is 5.04. The summed E-state index contributed by atoms with van der Waals surface area (Å²) in [5, 5.41) is 3.22. The lowest BCUT2D eigenvalue weighted by Gasteiger charge is -2.37. The van der Waals surface area contributed by atoms with Crippen LogP contribution in [-0.4, -0.2) is 35.9 Å². The van der Waals surface area contributed by atoms with E-state index < -0.39 is 12.1 Å². The topological polar surface area (TPSA) is 58.6 Å². The Morgan fingerprint density at radius 3 is 2.71 bits per heavy atom. The van der Waals surface area contributed by atoms with Crippen molar-refractivity contribution < 1.29 is 14.3 Å². The Balaban J connectivity index is 2.35. The van der Waals surface area contributed by atoms with Crippen LogP contribution < -0.4 is 10.1 Å². The number of carbonyl (C=O) groups excluding carboxylic acids is 2. The fourth-order valence-electron chi connectivity index (χ4n) is 2.56. The van der Waals surface area contributed by atoms with Crippen molar-refractivity contribution in [2.45, 2.75) is 38.9 Å². The van der Waals surface area contributed by atoms with Crippen LogP contribution in [0.1, 0.15) is 25.8 Å². The number of benzene rings is 1. The third-order valence-electron chi connectivity index (χ3n) is 3.70. The Bertz CT molecular complexity index is 562. The molecule has 1 aliphatic heterocycles. The van der Waals surface area contributed by atoms with Crippen LogP contribution in [0.3, 0.4) is 0 Å². The van der Waals surface area contributed by atoms with Gasteiger partial charge < -0.3 is 15.0 Å². The van der Waals surface area contributed by atoms with Gasteiger partial charge >= 0.3 is 0 Å². The maximum absolute atomic E-state index is 12.4. The Labute approximate surface area is 129 Å². The molecule has 21 heavy (non-hydrogen) atoms. The molecule has 114 valence electrons. The summed E-state index contributed by atoms with van der Waals surface area (Å²) in [5.74, 6) is 0.378. The minimum atomic E-state index is -0.520. The first-order valence-corrected chi connectivity index (χ1v) is 7.29. The summed E-state index contributed by atoms with van der Waals surface area (Å²) in [6.07, 6.45) is 0.553. The summed E-state index contributed by atoms with van der Waals surface area (Å²) in [7, 11) is 1.56. The smallest absolute Gasteiger partial charge is 0.245 e. The number of piperazine rings is 1. The Morgan fingerprint density at radius 2 is 2.10 bits per heavy atom. The van der Waals surface area contributed by atoms with Crippen molar-refractivity contribution in [2.24, 2.45) is 0 Å². The molecule has 5 nitrogen and oxygen atoms in total. The van der Waals surface area contributed by atoms with Crippen LogP contribution in [0.5, 0.6) is 5.75 Å². The number of rotatable bonds is 4. The Morgan fingerprint density at radius 1 is 1.38 bits per heavy atom. The van der Waals surface area contributed by atoms with Crippen LogP contribution in [0, 0.1) is 0 Å². The molecule has 0 saturated carbocycles. The standard InChI is InChI=1S/C15H19ClN2O3/c1-4-12-14(19)17-9(2)15(20)18(12)8-10-11(16)6-5-7-13(10)21-3/h5-7,9,12H,4,8H2,1-3H3,(H,17,19). The van der Waals surface area contributed by atoms with Crippen LogP contribution in [0.15, 0.2) is 18.2 Å². The quantitative estimate of drug-likeness (QED) is 0.925. The normalized spacial score (nSPS) is 22.2. The van der Waals surface area contributed by atoms with Gasteiger partial charge in [-0.3, -0.25) is 9.59 Å². The third kappa shape index (κ3) is 2.97.